The molecule has 26 heavy (non-hydrogen) atoms. The van der Waals surface area contributed by atoms with Crippen LogP contribution >= 0.6 is 0 Å². The summed E-state index contributed by atoms with van der Waals surface area (Å²) in [6.07, 6.45) is 11.0. The first-order chi connectivity index (χ1) is 12.4. The highest BCUT2D eigenvalue weighted by Gasteiger charge is 2.53. The van der Waals surface area contributed by atoms with E-state index < -0.39 is 5.54 Å². The van der Waals surface area contributed by atoms with Gasteiger partial charge in [0.1, 0.15) is 5.54 Å². The number of urea groups is 1. The second kappa shape index (κ2) is 7.87. The van der Waals surface area contributed by atoms with Crippen molar-refractivity contribution in [1.82, 2.24) is 15.1 Å². The summed E-state index contributed by atoms with van der Waals surface area (Å²) in [6.45, 7) is 9.37. The molecule has 5 nitrogen and oxygen atoms in total. The topological polar surface area (TPSA) is 52.7 Å². The van der Waals surface area contributed by atoms with E-state index in [1.807, 2.05) is 0 Å². The molecule has 0 radical (unpaired) electrons. The first-order valence-corrected chi connectivity index (χ1v) is 10.7. The van der Waals surface area contributed by atoms with E-state index in [1.165, 1.54) is 37.0 Å². The standard InChI is InChI=1S/C21H37N3O2/c1-4-20(2,3)17-10-12-21(13-11-17)18(25)24(19(26)22-21)16-23-14-8-6-5-7-9-15-23/h17H,4-16H2,1-3H3,(H,22,26). The number of nitrogens with one attached hydrogen (secondary N) is 1. The molecule has 1 saturated carbocycles. The zero-order valence-electron chi connectivity index (χ0n) is 17.0. The van der Waals surface area contributed by atoms with Crippen molar-refractivity contribution in [1.29, 1.82) is 0 Å². The van der Waals surface area contributed by atoms with Gasteiger partial charge >= 0.3 is 6.03 Å². The number of nitrogens with zero attached hydrogens (tertiary/aromatic N) is 2. The molecule has 3 fully saturated rings. The summed E-state index contributed by atoms with van der Waals surface area (Å²) < 4.78 is 0. The maximum Gasteiger partial charge on any atom is 0.326 e. The molecule has 5 heteroatoms. The Hall–Kier alpha value is -1.10. The normalized spacial score (nSPS) is 31.8. The van der Waals surface area contributed by atoms with Gasteiger partial charge in [-0.2, -0.15) is 0 Å². The average Bonchev–Trinajstić information content (AvgIpc) is 2.81. The summed E-state index contributed by atoms with van der Waals surface area (Å²) in [7, 11) is 0. The minimum Gasteiger partial charge on any atom is -0.323 e. The van der Waals surface area contributed by atoms with Crippen LogP contribution in [0, 0.1) is 11.3 Å². The van der Waals surface area contributed by atoms with Crippen molar-refractivity contribution in [2.24, 2.45) is 11.3 Å². The molecule has 0 unspecified atom stereocenters. The molecule has 3 aliphatic rings. The third-order valence-electron chi connectivity index (χ3n) is 7.39. The lowest BCUT2D eigenvalue weighted by atomic mass is 9.65. The Morgan fingerprint density at radius 2 is 1.62 bits per heavy atom. The number of carbonyl (C=O) groups excluding carboxylic acids is 2. The minimum atomic E-state index is -0.625. The number of imide groups is 1. The van der Waals surface area contributed by atoms with Gasteiger partial charge in [0, 0.05) is 0 Å². The maximum absolute atomic E-state index is 13.2. The van der Waals surface area contributed by atoms with Gasteiger partial charge < -0.3 is 5.32 Å². The molecule has 3 amide bonds. The van der Waals surface area contributed by atoms with Gasteiger partial charge in [0.05, 0.1) is 6.67 Å². The van der Waals surface area contributed by atoms with E-state index in [1.54, 1.807) is 0 Å². The quantitative estimate of drug-likeness (QED) is 0.764. The maximum atomic E-state index is 13.2. The summed E-state index contributed by atoms with van der Waals surface area (Å²) in [5.74, 6) is 0.670. The number of likely N-dealkylation sites (tertiary alicyclic amines) is 1. The molecule has 0 aromatic carbocycles. The fourth-order valence-corrected chi connectivity index (χ4v) is 4.98. The molecule has 0 atom stereocenters. The number of amides is 3. The molecule has 0 bridgehead atoms. The molecular formula is C21H37N3O2. The molecule has 1 N–H and O–H groups in total. The van der Waals surface area contributed by atoms with Crippen LogP contribution in [0.1, 0.15) is 85.0 Å². The fraction of sp³-hybridized carbons (Fsp3) is 0.905. The van der Waals surface area contributed by atoms with Crippen molar-refractivity contribution in [3.63, 3.8) is 0 Å². The Balaban J connectivity index is 1.62. The summed E-state index contributed by atoms with van der Waals surface area (Å²) in [5, 5.41) is 3.09. The first kappa shape index (κ1) is 19.7. The Kier molecular flexibility index (Phi) is 5.95. The van der Waals surface area contributed by atoms with Crippen molar-refractivity contribution in [2.75, 3.05) is 19.8 Å². The lowest BCUT2D eigenvalue weighted by molar-refractivity contribution is -0.134. The summed E-state index contributed by atoms with van der Waals surface area (Å²) >= 11 is 0. The van der Waals surface area contributed by atoms with Crippen LogP contribution in [0.15, 0.2) is 0 Å². The Bertz CT molecular complexity index is 515. The van der Waals surface area contributed by atoms with Crippen LogP contribution in [0.5, 0.6) is 0 Å². The number of hydrogen-bond donors (Lipinski definition) is 1. The van der Waals surface area contributed by atoms with Gasteiger partial charge in [0.2, 0.25) is 0 Å². The Morgan fingerprint density at radius 1 is 1.04 bits per heavy atom. The second-order valence-corrected chi connectivity index (χ2v) is 9.39. The van der Waals surface area contributed by atoms with Crippen LogP contribution < -0.4 is 5.32 Å². The highest BCUT2D eigenvalue weighted by atomic mass is 16.2. The molecule has 0 aromatic heterocycles. The molecule has 148 valence electrons. The molecule has 1 aliphatic carbocycles. The van der Waals surface area contributed by atoms with Crippen molar-refractivity contribution in [3.05, 3.63) is 0 Å². The average molecular weight is 364 g/mol. The smallest absolute Gasteiger partial charge is 0.323 e. The summed E-state index contributed by atoms with van der Waals surface area (Å²) in [5.41, 5.74) is -0.308. The number of rotatable bonds is 4. The Labute approximate surface area is 158 Å². The van der Waals surface area contributed by atoms with Crippen LogP contribution in [-0.4, -0.2) is 47.0 Å². The SMILES string of the molecule is CCC(C)(C)C1CCC2(CC1)NC(=O)N(CN1CCCCCCC1)C2=O. The third kappa shape index (κ3) is 3.92. The van der Waals surface area contributed by atoms with E-state index in [9.17, 15) is 9.59 Å². The number of carbonyl (C=O) groups is 2. The van der Waals surface area contributed by atoms with Gasteiger partial charge in [0.15, 0.2) is 0 Å². The monoisotopic (exact) mass is 363 g/mol. The van der Waals surface area contributed by atoms with Crippen LogP contribution in [0.25, 0.3) is 0 Å². The van der Waals surface area contributed by atoms with Crippen molar-refractivity contribution in [3.8, 4) is 0 Å². The van der Waals surface area contributed by atoms with Gasteiger partial charge in [-0.1, -0.05) is 46.5 Å². The highest BCUT2D eigenvalue weighted by molar-refractivity contribution is 6.07. The molecule has 2 heterocycles. The van der Waals surface area contributed by atoms with E-state index in [0.29, 0.717) is 18.0 Å². The van der Waals surface area contributed by atoms with E-state index in [-0.39, 0.29) is 11.9 Å². The third-order valence-corrected chi connectivity index (χ3v) is 7.39. The van der Waals surface area contributed by atoms with Crippen molar-refractivity contribution in [2.45, 2.75) is 90.5 Å². The summed E-state index contributed by atoms with van der Waals surface area (Å²) in [6, 6.07) is -0.176. The number of hydrogen-bond acceptors (Lipinski definition) is 3. The zero-order chi connectivity index (χ0) is 18.8. The molecule has 0 aromatic rings. The minimum absolute atomic E-state index is 0.0253. The van der Waals surface area contributed by atoms with E-state index in [0.717, 1.165) is 45.2 Å². The molecule has 3 rings (SSSR count). The van der Waals surface area contributed by atoms with E-state index >= 15 is 0 Å². The van der Waals surface area contributed by atoms with Crippen LogP contribution in [0.2, 0.25) is 0 Å². The fourth-order valence-electron chi connectivity index (χ4n) is 4.98. The largest absolute Gasteiger partial charge is 0.326 e. The van der Waals surface area contributed by atoms with Gasteiger partial charge in [-0.25, -0.2) is 9.69 Å². The van der Waals surface area contributed by atoms with Gasteiger partial charge in [-0.15, -0.1) is 0 Å². The molecule has 2 aliphatic heterocycles. The van der Waals surface area contributed by atoms with Gasteiger partial charge in [-0.05, 0) is 62.9 Å². The van der Waals surface area contributed by atoms with Crippen LogP contribution in [-0.2, 0) is 4.79 Å². The predicted octanol–water partition coefficient (Wildman–Crippen LogP) is 4.13. The second-order valence-electron chi connectivity index (χ2n) is 9.39. The molecular weight excluding hydrogens is 326 g/mol. The Morgan fingerprint density at radius 3 is 2.19 bits per heavy atom. The predicted molar refractivity (Wildman–Crippen MR) is 104 cm³/mol. The lowest BCUT2D eigenvalue weighted by Crippen LogP contribution is -2.51. The lowest BCUT2D eigenvalue weighted by Gasteiger charge is -2.42. The van der Waals surface area contributed by atoms with E-state index in [2.05, 4.69) is 31.0 Å². The van der Waals surface area contributed by atoms with E-state index in [4.69, 9.17) is 0 Å². The molecule has 2 saturated heterocycles. The zero-order valence-corrected chi connectivity index (χ0v) is 17.0. The van der Waals surface area contributed by atoms with Gasteiger partial charge in [0.25, 0.3) is 5.91 Å². The summed E-state index contributed by atoms with van der Waals surface area (Å²) in [4.78, 5) is 29.5. The molecule has 1 spiro atoms. The first-order valence-electron chi connectivity index (χ1n) is 10.7. The highest BCUT2D eigenvalue weighted by Crippen LogP contribution is 2.45. The van der Waals surface area contributed by atoms with Gasteiger partial charge in [-0.3, -0.25) is 9.69 Å². The van der Waals surface area contributed by atoms with Crippen LogP contribution in [0.3, 0.4) is 0 Å². The van der Waals surface area contributed by atoms with Crippen molar-refractivity contribution < 1.29 is 9.59 Å². The van der Waals surface area contributed by atoms with Crippen molar-refractivity contribution >= 4 is 11.9 Å². The van der Waals surface area contributed by atoms with Crippen LogP contribution in [0.4, 0.5) is 4.79 Å².